The van der Waals surface area contributed by atoms with Crippen molar-refractivity contribution in [2.24, 2.45) is 0 Å². The van der Waals surface area contributed by atoms with Gasteiger partial charge in [-0.2, -0.15) is 0 Å². The Morgan fingerprint density at radius 2 is 1.44 bits per heavy atom. The molecule has 53 valence electrons. The smallest absolute Gasteiger partial charge is 0.154 e. The second-order valence-corrected chi connectivity index (χ2v) is 1.48. The van der Waals surface area contributed by atoms with Crippen LogP contribution >= 0.6 is 0 Å². The van der Waals surface area contributed by atoms with Gasteiger partial charge in [0, 0.05) is 45.9 Å². The zero-order valence-electron chi connectivity index (χ0n) is 6.39. The van der Waals surface area contributed by atoms with E-state index in [1.165, 1.54) is 0 Å². The summed E-state index contributed by atoms with van der Waals surface area (Å²) in [4.78, 5) is 0. The Morgan fingerprint density at radius 3 is 1.67 bits per heavy atom. The van der Waals surface area contributed by atoms with Gasteiger partial charge in [-0.15, -0.1) is 0 Å². The quantitative estimate of drug-likeness (QED) is 0.648. The molecule has 3 heteroatoms. The fourth-order valence-electron chi connectivity index (χ4n) is 0.518. The maximum Gasteiger partial charge on any atom is 0.154 e. The van der Waals surface area contributed by atoms with Crippen LogP contribution in [0.15, 0.2) is 0 Å². The molecule has 0 aliphatic rings. The van der Waals surface area contributed by atoms with Gasteiger partial charge in [-0.3, -0.25) is 0 Å². The first-order chi connectivity index (χ1) is 3.81. The van der Waals surface area contributed by atoms with Gasteiger partial charge in [-0.05, 0) is 20.8 Å². The predicted octanol–water partition coefficient (Wildman–Crippen LogP) is 1.40. The minimum atomic E-state index is -0.0370. The second-order valence-electron chi connectivity index (χ2n) is 1.48. The Hall–Kier alpha value is 1.02. The monoisotopic (exact) mass is 207 g/mol. The molecule has 0 N–H and O–H groups in total. The molecule has 0 heterocycles. The molecule has 0 saturated carbocycles. The Kier molecular flexibility index (Phi) is 12.7. The van der Waals surface area contributed by atoms with Crippen LogP contribution in [0.2, 0.25) is 0 Å². The normalized spacial score (nSPS) is 9.33. The van der Waals surface area contributed by atoms with Crippen LogP contribution in [-0.2, 0) is 42.2 Å². The topological polar surface area (TPSA) is 18.5 Å². The van der Waals surface area contributed by atoms with Gasteiger partial charge in [-0.1, -0.05) is 0 Å². The first-order valence-corrected chi connectivity index (χ1v) is 3.04. The maximum atomic E-state index is 5.06. The summed E-state index contributed by atoms with van der Waals surface area (Å²) in [5.41, 5.74) is 0. The summed E-state index contributed by atoms with van der Waals surface area (Å²) in [6.45, 7) is 7.25. The van der Waals surface area contributed by atoms with Crippen molar-refractivity contribution in [3.05, 3.63) is 0 Å². The number of hydrogen-bond acceptors (Lipinski definition) is 2. The molecule has 0 unspecified atom stereocenters. The zero-order chi connectivity index (χ0) is 6.41. The summed E-state index contributed by atoms with van der Waals surface area (Å²) in [5.74, 6) is 0. The van der Waals surface area contributed by atoms with Gasteiger partial charge in [-0.25, -0.2) is 0 Å². The minimum Gasteiger partial charge on any atom is -0.353 e. The molecule has 0 saturated heterocycles. The summed E-state index contributed by atoms with van der Waals surface area (Å²) in [5, 5.41) is 0. The Morgan fingerprint density at radius 1 is 1.11 bits per heavy atom. The first-order valence-electron chi connectivity index (χ1n) is 3.04. The molecular formula is C6H14O2Y. The molecule has 2 nitrogen and oxygen atoms in total. The fourth-order valence-corrected chi connectivity index (χ4v) is 0.518. The van der Waals surface area contributed by atoms with E-state index in [0.29, 0.717) is 0 Å². The van der Waals surface area contributed by atoms with E-state index in [9.17, 15) is 0 Å². The molecule has 0 atom stereocenters. The van der Waals surface area contributed by atoms with Gasteiger partial charge in [0.25, 0.3) is 0 Å². The number of hydrogen-bond donors (Lipinski definition) is 0. The molecule has 0 aromatic heterocycles. The van der Waals surface area contributed by atoms with Gasteiger partial charge in [0.05, 0.1) is 0 Å². The van der Waals surface area contributed by atoms with Crippen LogP contribution in [0.4, 0.5) is 0 Å². The van der Waals surface area contributed by atoms with E-state index in [2.05, 4.69) is 0 Å². The Balaban J connectivity index is 0. The molecule has 0 amide bonds. The van der Waals surface area contributed by atoms with Gasteiger partial charge in [0.15, 0.2) is 6.29 Å². The van der Waals surface area contributed by atoms with Crippen molar-refractivity contribution in [1.29, 1.82) is 0 Å². The summed E-state index contributed by atoms with van der Waals surface area (Å²) in [6.07, 6.45) is -0.0370. The third-order valence-electron chi connectivity index (χ3n) is 0.803. The Bertz CT molecular complexity index is 44.3. The maximum absolute atomic E-state index is 5.06. The van der Waals surface area contributed by atoms with Crippen LogP contribution in [0.5, 0.6) is 0 Å². The van der Waals surface area contributed by atoms with E-state index >= 15 is 0 Å². The summed E-state index contributed by atoms with van der Waals surface area (Å²) < 4.78 is 10.1. The van der Waals surface area contributed by atoms with Crippen molar-refractivity contribution in [2.45, 2.75) is 27.1 Å². The third kappa shape index (κ3) is 9.02. The van der Waals surface area contributed by atoms with Crippen molar-refractivity contribution in [2.75, 3.05) is 13.2 Å². The van der Waals surface area contributed by atoms with Crippen LogP contribution in [0.3, 0.4) is 0 Å². The molecule has 0 fully saturated rings. The molecule has 9 heavy (non-hydrogen) atoms. The van der Waals surface area contributed by atoms with Gasteiger partial charge >= 0.3 is 0 Å². The van der Waals surface area contributed by atoms with Gasteiger partial charge in [0.2, 0.25) is 0 Å². The van der Waals surface area contributed by atoms with E-state index in [1.807, 2.05) is 20.8 Å². The van der Waals surface area contributed by atoms with Crippen LogP contribution < -0.4 is 0 Å². The largest absolute Gasteiger partial charge is 0.353 e. The molecule has 0 rings (SSSR count). The van der Waals surface area contributed by atoms with Crippen molar-refractivity contribution in [3.63, 3.8) is 0 Å². The van der Waals surface area contributed by atoms with Crippen molar-refractivity contribution in [3.8, 4) is 0 Å². The molecule has 1 radical (unpaired) electrons. The van der Waals surface area contributed by atoms with Gasteiger partial charge < -0.3 is 9.47 Å². The van der Waals surface area contributed by atoms with E-state index < -0.39 is 0 Å². The summed E-state index contributed by atoms with van der Waals surface area (Å²) in [6, 6.07) is 0. The van der Waals surface area contributed by atoms with Crippen LogP contribution in [0.1, 0.15) is 20.8 Å². The molecular weight excluding hydrogens is 193 g/mol. The SMILES string of the molecule is CCOC(C)OCC.[Y]. The zero-order valence-corrected chi connectivity index (χ0v) is 9.22. The second kappa shape index (κ2) is 9.02. The van der Waals surface area contributed by atoms with Crippen molar-refractivity contribution in [1.82, 2.24) is 0 Å². The van der Waals surface area contributed by atoms with Crippen LogP contribution in [0, 0.1) is 0 Å². The average Bonchev–Trinajstić information content (AvgIpc) is 1.68. The standard InChI is InChI=1S/C6H14O2.Y/c1-4-7-6(3)8-5-2;/h6H,4-5H2,1-3H3;. The predicted molar refractivity (Wildman–Crippen MR) is 32.7 cm³/mol. The van der Waals surface area contributed by atoms with Crippen LogP contribution in [-0.4, -0.2) is 19.5 Å². The average molecular weight is 207 g/mol. The fraction of sp³-hybridized carbons (Fsp3) is 1.00. The van der Waals surface area contributed by atoms with E-state index in [0.717, 1.165) is 13.2 Å². The summed E-state index contributed by atoms with van der Waals surface area (Å²) in [7, 11) is 0. The van der Waals surface area contributed by atoms with Crippen LogP contribution in [0.25, 0.3) is 0 Å². The number of rotatable bonds is 4. The van der Waals surface area contributed by atoms with E-state index in [4.69, 9.17) is 9.47 Å². The number of ether oxygens (including phenoxy) is 2. The molecule has 0 spiro atoms. The summed E-state index contributed by atoms with van der Waals surface area (Å²) >= 11 is 0. The van der Waals surface area contributed by atoms with Crippen molar-refractivity contribution >= 4 is 0 Å². The minimum absolute atomic E-state index is 0. The molecule has 0 bridgehead atoms. The first kappa shape index (κ1) is 12.7. The van der Waals surface area contributed by atoms with Crippen molar-refractivity contribution < 1.29 is 42.2 Å². The third-order valence-corrected chi connectivity index (χ3v) is 0.803. The molecule has 0 aromatic rings. The molecule has 0 aliphatic carbocycles. The van der Waals surface area contributed by atoms with E-state index in [1.54, 1.807) is 0 Å². The molecule has 0 aliphatic heterocycles. The van der Waals surface area contributed by atoms with E-state index in [-0.39, 0.29) is 39.0 Å². The van der Waals surface area contributed by atoms with Gasteiger partial charge in [0.1, 0.15) is 0 Å². The molecule has 0 aromatic carbocycles. The Labute approximate surface area is 82.2 Å².